The molecule has 3 rings (SSSR count). The van der Waals surface area contributed by atoms with Crippen LogP contribution in [-0.4, -0.2) is 25.2 Å². The van der Waals surface area contributed by atoms with Crippen LogP contribution in [-0.2, 0) is 0 Å². The lowest BCUT2D eigenvalue weighted by Gasteiger charge is -2.24. The molecule has 2 aliphatic carbocycles. The Morgan fingerprint density at radius 1 is 0.909 bits per heavy atom. The molecule has 11 heavy (non-hydrogen) atoms. The highest BCUT2D eigenvalue weighted by Crippen LogP contribution is 2.63. The summed E-state index contributed by atoms with van der Waals surface area (Å²) < 4.78 is 0. The summed E-state index contributed by atoms with van der Waals surface area (Å²) in [7, 11) is 0. The van der Waals surface area contributed by atoms with Gasteiger partial charge in [-0.1, -0.05) is 0 Å². The predicted molar refractivity (Wildman–Crippen MR) is 44.5 cm³/mol. The van der Waals surface area contributed by atoms with Crippen LogP contribution in [0.1, 0.15) is 25.7 Å². The van der Waals surface area contributed by atoms with Crippen molar-refractivity contribution in [1.82, 2.24) is 10.6 Å². The lowest BCUT2D eigenvalue weighted by Crippen LogP contribution is -2.40. The van der Waals surface area contributed by atoms with Crippen molar-refractivity contribution in [2.45, 2.75) is 31.2 Å². The van der Waals surface area contributed by atoms with Crippen molar-refractivity contribution in [3.8, 4) is 0 Å². The highest BCUT2D eigenvalue weighted by Gasteiger charge is 2.65. The zero-order chi connectivity index (χ0) is 7.36. The first-order valence-corrected chi connectivity index (χ1v) is 4.83. The minimum Gasteiger partial charge on any atom is -0.315 e. The molecule has 0 radical (unpaired) electrons. The maximum absolute atomic E-state index is 3.72. The average molecular weight is 152 g/mol. The molecule has 0 aromatic carbocycles. The average Bonchev–Trinajstić information content (AvgIpc) is 2.80. The van der Waals surface area contributed by atoms with E-state index in [0.29, 0.717) is 11.0 Å². The summed E-state index contributed by atoms with van der Waals surface area (Å²) in [6.07, 6.45) is 5.81. The molecule has 2 heteroatoms. The van der Waals surface area contributed by atoms with E-state index in [-0.39, 0.29) is 0 Å². The first-order valence-electron chi connectivity index (χ1n) is 4.83. The summed E-state index contributed by atoms with van der Waals surface area (Å²) in [6.45, 7) is 3.63. The van der Waals surface area contributed by atoms with E-state index in [2.05, 4.69) is 10.6 Å². The molecule has 0 aromatic rings. The van der Waals surface area contributed by atoms with Gasteiger partial charge in [0.1, 0.15) is 0 Å². The van der Waals surface area contributed by atoms with Gasteiger partial charge in [-0.15, -0.1) is 0 Å². The lowest BCUT2D eigenvalue weighted by molar-refractivity contribution is 0.334. The molecule has 2 saturated carbocycles. The number of fused-ring (bicyclic) bond motifs is 1. The van der Waals surface area contributed by atoms with Crippen LogP contribution >= 0.6 is 0 Å². The number of hydrogen-bond donors (Lipinski definition) is 2. The van der Waals surface area contributed by atoms with Gasteiger partial charge in [0.15, 0.2) is 0 Å². The third-order valence-corrected chi connectivity index (χ3v) is 3.85. The first-order chi connectivity index (χ1) is 5.37. The van der Waals surface area contributed by atoms with Gasteiger partial charge in [-0.2, -0.15) is 0 Å². The minimum absolute atomic E-state index is 0.608. The van der Waals surface area contributed by atoms with Crippen LogP contribution in [0.2, 0.25) is 0 Å². The third kappa shape index (κ3) is 0.744. The molecule has 0 bridgehead atoms. The summed E-state index contributed by atoms with van der Waals surface area (Å²) in [6, 6.07) is 0. The monoisotopic (exact) mass is 152 g/mol. The van der Waals surface area contributed by atoms with Crippen molar-refractivity contribution in [2.75, 3.05) is 19.6 Å². The smallest absolute Gasteiger partial charge is 0.0251 e. The van der Waals surface area contributed by atoms with Crippen LogP contribution in [0.25, 0.3) is 0 Å². The standard InChI is InChI=1S/C9H16N2/c1-2-8(1)7-10-5-6-11-9(8)3-4-9/h10-11H,1-7H2. The van der Waals surface area contributed by atoms with Crippen LogP contribution in [0.5, 0.6) is 0 Å². The van der Waals surface area contributed by atoms with E-state index in [9.17, 15) is 0 Å². The van der Waals surface area contributed by atoms with Gasteiger partial charge in [0, 0.05) is 30.6 Å². The molecule has 0 amide bonds. The Hall–Kier alpha value is -0.0800. The van der Waals surface area contributed by atoms with Crippen molar-refractivity contribution < 1.29 is 0 Å². The topological polar surface area (TPSA) is 24.1 Å². The molecule has 1 aliphatic heterocycles. The van der Waals surface area contributed by atoms with Crippen molar-refractivity contribution in [2.24, 2.45) is 5.41 Å². The van der Waals surface area contributed by atoms with Gasteiger partial charge in [-0.3, -0.25) is 0 Å². The Balaban J connectivity index is 1.87. The number of rotatable bonds is 0. The number of hydrogen-bond acceptors (Lipinski definition) is 2. The van der Waals surface area contributed by atoms with Gasteiger partial charge in [0.05, 0.1) is 0 Å². The van der Waals surface area contributed by atoms with Gasteiger partial charge < -0.3 is 10.6 Å². The minimum atomic E-state index is 0.608. The van der Waals surface area contributed by atoms with E-state index in [1.165, 1.54) is 45.3 Å². The summed E-state index contributed by atoms with van der Waals surface area (Å²) in [5.74, 6) is 0. The Labute approximate surface area is 67.7 Å². The zero-order valence-electron chi connectivity index (χ0n) is 6.95. The second kappa shape index (κ2) is 1.80. The zero-order valence-corrected chi connectivity index (χ0v) is 6.95. The Morgan fingerprint density at radius 3 is 2.36 bits per heavy atom. The van der Waals surface area contributed by atoms with Gasteiger partial charge in [0.2, 0.25) is 0 Å². The normalized spacial score (nSPS) is 37.1. The fourth-order valence-corrected chi connectivity index (χ4v) is 2.71. The molecule has 1 saturated heterocycles. The van der Waals surface area contributed by atoms with E-state index in [0.717, 1.165) is 0 Å². The molecule has 3 fully saturated rings. The van der Waals surface area contributed by atoms with Gasteiger partial charge >= 0.3 is 0 Å². The van der Waals surface area contributed by atoms with Crippen molar-refractivity contribution in [1.29, 1.82) is 0 Å². The predicted octanol–water partition coefficient (Wildman–Crippen LogP) is 0.492. The summed E-state index contributed by atoms with van der Waals surface area (Å²) >= 11 is 0. The lowest BCUT2D eigenvalue weighted by atomic mass is 9.94. The SMILES string of the molecule is C1CNC2(CC2)C2(CC2)CN1. The molecular weight excluding hydrogens is 136 g/mol. The van der Waals surface area contributed by atoms with Crippen LogP contribution in [0.3, 0.4) is 0 Å². The maximum Gasteiger partial charge on any atom is 0.0251 e. The van der Waals surface area contributed by atoms with E-state index < -0.39 is 0 Å². The second-order valence-corrected chi connectivity index (χ2v) is 4.47. The highest BCUT2D eigenvalue weighted by atomic mass is 15.1. The fourth-order valence-electron chi connectivity index (χ4n) is 2.71. The van der Waals surface area contributed by atoms with Crippen LogP contribution in [0, 0.1) is 5.41 Å². The van der Waals surface area contributed by atoms with Crippen molar-refractivity contribution in [3.63, 3.8) is 0 Å². The van der Waals surface area contributed by atoms with Crippen molar-refractivity contribution >= 4 is 0 Å². The highest BCUT2D eigenvalue weighted by molar-refractivity contribution is 5.22. The van der Waals surface area contributed by atoms with E-state index in [1.807, 2.05) is 0 Å². The van der Waals surface area contributed by atoms with Gasteiger partial charge in [-0.05, 0) is 25.7 Å². The summed E-state index contributed by atoms with van der Waals surface area (Å²) in [4.78, 5) is 0. The molecule has 1 heterocycles. The molecule has 62 valence electrons. The second-order valence-electron chi connectivity index (χ2n) is 4.47. The first kappa shape index (κ1) is 6.44. The molecule has 2 spiro atoms. The molecular formula is C9H16N2. The summed E-state index contributed by atoms with van der Waals surface area (Å²) in [5.41, 5.74) is 1.31. The Bertz CT molecular complexity index is 160. The van der Waals surface area contributed by atoms with Crippen LogP contribution < -0.4 is 10.6 Å². The van der Waals surface area contributed by atoms with Gasteiger partial charge in [-0.25, -0.2) is 0 Å². The quantitative estimate of drug-likeness (QED) is 0.528. The fraction of sp³-hybridized carbons (Fsp3) is 1.00. The summed E-state index contributed by atoms with van der Waals surface area (Å²) in [5, 5.41) is 7.26. The molecule has 0 aromatic heterocycles. The maximum atomic E-state index is 3.72. The molecule has 3 aliphatic rings. The molecule has 2 N–H and O–H groups in total. The van der Waals surface area contributed by atoms with Gasteiger partial charge in [0.25, 0.3) is 0 Å². The van der Waals surface area contributed by atoms with Crippen LogP contribution in [0.15, 0.2) is 0 Å². The van der Waals surface area contributed by atoms with Crippen LogP contribution in [0.4, 0.5) is 0 Å². The largest absolute Gasteiger partial charge is 0.315 e. The number of nitrogens with one attached hydrogen (secondary N) is 2. The molecule has 0 unspecified atom stereocenters. The van der Waals surface area contributed by atoms with E-state index in [1.54, 1.807) is 0 Å². The van der Waals surface area contributed by atoms with Crippen molar-refractivity contribution in [3.05, 3.63) is 0 Å². The Kier molecular flexibility index (Phi) is 1.06. The third-order valence-electron chi connectivity index (χ3n) is 3.85. The van der Waals surface area contributed by atoms with E-state index in [4.69, 9.17) is 0 Å². The van der Waals surface area contributed by atoms with E-state index >= 15 is 0 Å². The molecule has 0 atom stereocenters. The Morgan fingerprint density at radius 2 is 1.73 bits per heavy atom. The molecule has 2 nitrogen and oxygen atoms in total.